The Bertz CT molecular complexity index is 717. The number of hydrogen-bond donors (Lipinski definition) is 2. The Balaban J connectivity index is 1.41. The summed E-state index contributed by atoms with van der Waals surface area (Å²) in [6.45, 7) is 8.16. The second-order valence-corrected chi connectivity index (χ2v) is 6.96. The quantitative estimate of drug-likeness (QED) is 0.594. The van der Waals surface area contributed by atoms with Crippen LogP contribution in [0.15, 0.2) is 47.6 Å². The summed E-state index contributed by atoms with van der Waals surface area (Å²) in [6, 6.07) is 13.1. The lowest BCUT2D eigenvalue weighted by Gasteiger charge is -2.39. The smallest absolute Gasteiger partial charge is 0.191 e. The van der Waals surface area contributed by atoms with E-state index in [9.17, 15) is 0 Å². The number of nitrogens with one attached hydrogen (secondary N) is 2. The third-order valence-corrected chi connectivity index (χ3v) is 5.21. The van der Waals surface area contributed by atoms with Crippen molar-refractivity contribution in [1.82, 2.24) is 25.3 Å². The topological polar surface area (TPSA) is 60.7 Å². The summed E-state index contributed by atoms with van der Waals surface area (Å²) in [5, 5.41) is 11.0. The Morgan fingerprint density at radius 2 is 1.85 bits per heavy atom. The molecule has 27 heavy (non-hydrogen) atoms. The molecule has 1 aromatic carbocycles. The van der Waals surface area contributed by atoms with Crippen molar-refractivity contribution < 1.29 is 0 Å². The number of nitrogens with zero attached hydrogens (tertiary/aromatic N) is 5. The van der Waals surface area contributed by atoms with Crippen molar-refractivity contribution in [3.05, 3.63) is 48.3 Å². The molecule has 2 N–H and O–H groups in total. The lowest BCUT2D eigenvalue weighted by molar-refractivity contribution is 0.197. The third-order valence-electron chi connectivity index (χ3n) is 5.21. The average molecular weight is 370 g/mol. The lowest BCUT2D eigenvalue weighted by atomic mass is 10.2. The molecular formula is C20H31N7. The summed E-state index contributed by atoms with van der Waals surface area (Å²) in [4.78, 5) is 9.33. The largest absolute Gasteiger partial charge is 0.369 e. The van der Waals surface area contributed by atoms with Gasteiger partial charge in [-0.1, -0.05) is 18.2 Å². The van der Waals surface area contributed by atoms with Crippen LogP contribution >= 0.6 is 0 Å². The molecule has 1 fully saturated rings. The predicted molar refractivity (Wildman–Crippen MR) is 111 cm³/mol. The molecule has 1 aliphatic rings. The van der Waals surface area contributed by atoms with Gasteiger partial charge in [0.1, 0.15) is 0 Å². The van der Waals surface area contributed by atoms with Gasteiger partial charge < -0.3 is 15.5 Å². The van der Waals surface area contributed by atoms with E-state index in [0.717, 1.165) is 44.4 Å². The SMILES string of the molecule is CN=C(NCc1ccnn1C)NCC(C)N1CCN(c2ccccc2)CC1. The maximum absolute atomic E-state index is 4.32. The van der Waals surface area contributed by atoms with Gasteiger partial charge in [0.25, 0.3) is 0 Å². The van der Waals surface area contributed by atoms with E-state index in [2.05, 4.69) is 67.8 Å². The van der Waals surface area contributed by atoms with Crippen molar-refractivity contribution >= 4 is 11.6 Å². The Morgan fingerprint density at radius 3 is 2.48 bits per heavy atom. The van der Waals surface area contributed by atoms with Gasteiger partial charge >= 0.3 is 0 Å². The number of guanidine groups is 1. The Hall–Kier alpha value is -2.54. The maximum Gasteiger partial charge on any atom is 0.191 e. The van der Waals surface area contributed by atoms with Gasteiger partial charge in [0.15, 0.2) is 5.96 Å². The number of hydrogen-bond acceptors (Lipinski definition) is 4. The Morgan fingerprint density at radius 1 is 1.11 bits per heavy atom. The second-order valence-electron chi connectivity index (χ2n) is 6.96. The number of aromatic nitrogens is 2. The summed E-state index contributed by atoms with van der Waals surface area (Å²) < 4.78 is 1.87. The Kier molecular flexibility index (Phi) is 6.70. The van der Waals surface area contributed by atoms with Gasteiger partial charge in [-0.25, -0.2) is 0 Å². The summed E-state index contributed by atoms with van der Waals surface area (Å²) >= 11 is 0. The van der Waals surface area contributed by atoms with Gasteiger partial charge in [-0.2, -0.15) is 5.10 Å². The van der Waals surface area contributed by atoms with E-state index in [0.29, 0.717) is 12.6 Å². The van der Waals surface area contributed by atoms with Crippen LogP contribution in [0.3, 0.4) is 0 Å². The molecule has 7 heteroatoms. The van der Waals surface area contributed by atoms with Gasteiger partial charge in [0.2, 0.25) is 0 Å². The molecular weight excluding hydrogens is 338 g/mol. The van der Waals surface area contributed by atoms with Gasteiger partial charge in [-0.05, 0) is 25.1 Å². The fourth-order valence-corrected chi connectivity index (χ4v) is 3.40. The minimum Gasteiger partial charge on any atom is -0.369 e. The number of aliphatic imine (C=N–C) groups is 1. The van der Waals surface area contributed by atoms with Crippen molar-refractivity contribution in [1.29, 1.82) is 0 Å². The molecule has 2 heterocycles. The maximum atomic E-state index is 4.32. The van der Waals surface area contributed by atoms with Gasteiger partial charge in [0.05, 0.1) is 12.2 Å². The summed E-state index contributed by atoms with van der Waals surface area (Å²) in [7, 11) is 3.76. The van der Waals surface area contributed by atoms with Crippen LogP contribution in [0, 0.1) is 0 Å². The van der Waals surface area contributed by atoms with Crippen molar-refractivity contribution in [3.8, 4) is 0 Å². The van der Waals surface area contributed by atoms with Crippen molar-refractivity contribution in [2.45, 2.75) is 19.5 Å². The summed E-state index contributed by atoms with van der Waals surface area (Å²) in [5.74, 6) is 0.825. The first kappa shape index (κ1) is 19.2. The molecule has 0 radical (unpaired) electrons. The normalized spacial score (nSPS) is 17.0. The minimum absolute atomic E-state index is 0.457. The minimum atomic E-state index is 0.457. The second kappa shape index (κ2) is 9.41. The van der Waals surface area contributed by atoms with Crippen molar-refractivity contribution in [2.75, 3.05) is 44.7 Å². The highest BCUT2D eigenvalue weighted by molar-refractivity contribution is 5.79. The molecule has 7 nitrogen and oxygen atoms in total. The number of benzene rings is 1. The zero-order valence-corrected chi connectivity index (χ0v) is 16.6. The summed E-state index contributed by atoms with van der Waals surface area (Å²) in [5.41, 5.74) is 2.45. The van der Waals surface area contributed by atoms with Crippen molar-refractivity contribution in [2.24, 2.45) is 12.0 Å². The number of piperazine rings is 1. The molecule has 3 rings (SSSR count). The van der Waals surface area contributed by atoms with Crippen LogP contribution in [-0.2, 0) is 13.6 Å². The van der Waals surface area contributed by atoms with E-state index in [4.69, 9.17) is 0 Å². The monoisotopic (exact) mass is 369 g/mol. The van der Waals surface area contributed by atoms with Crippen LogP contribution in [0.1, 0.15) is 12.6 Å². The van der Waals surface area contributed by atoms with E-state index in [1.807, 2.05) is 31.0 Å². The predicted octanol–water partition coefficient (Wildman–Crippen LogP) is 1.30. The molecule has 0 amide bonds. The molecule has 0 bridgehead atoms. The number of rotatable bonds is 6. The molecule has 0 spiro atoms. The lowest BCUT2D eigenvalue weighted by Crippen LogP contribution is -2.53. The first-order valence-electron chi connectivity index (χ1n) is 9.63. The zero-order chi connectivity index (χ0) is 19.1. The molecule has 1 saturated heterocycles. The average Bonchev–Trinajstić information content (AvgIpc) is 3.13. The highest BCUT2D eigenvalue weighted by Crippen LogP contribution is 2.16. The van der Waals surface area contributed by atoms with Crippen LogP contribution in [0.25, 0.3) is 0 Å². The molecule has 146 valence electrons. The van der Waals surface area contributed by atoms with E-state index in [1.54, 1.807) is 0 Å². The number of anilines is 1. The first-order chi connectivity index (χ1) is 13.2. The highest BCUT2D eigenvalue weighted by atomic mass is 15.3. The highest BCUT2D eigenvalue weighted by Gasteiger charge is 2.21. The van der Waals surface area contributed by atoms with Crippen molar-refractivity contribution in [3.63, 3.8) is 0 Å². The van der Waals surface area contributed by atoms with E-state index in [1.165, 1.54) is 5.69 Å². The van der Waals surface area contributed by atoms with Crippen LogP contribution in [0.4, 0.5) is 5.69 Å². The number of aryl methyl sites for hydroxylation is 1. The fourth-order valence-electron chi connectivity index (χ4n) is 3.40. The van der Waals surface area contributed by atoms with E-state index >= 15 is 0 Å². The van der Waals surface area contributed by atoms with Crippen LogP contribution in [0.5, 0.6) is 0 Å². The molecule has 1 aliphatic heterocycles. The van der Waals surface area contributed by atoms with Crippen LogP contribution in [-0.4, -0.2) is 66.5 Å². The molecule has 1 atom stereocenters. The van der Waals surface area contributed by atoms with Gasteiger partial charge in [0, 0.05) is 64.7 Å². The molecule has 2 aromatic rings. The molecule has 0 aliphatic carbocycles. The first-order valence-corrected chi connectivity index (χ1v) is 9.63. The van der Waals surface area contributed by atoms with Gasteiger partial charge in [-0.3, -0.25) is 14.6 Å². The molecule has 1 aromatic heterocycles. The Labute approximate surface area is 162 Å². The van der Waals surface area contributed by atoms with Gasteiger partial charge in [-0.15, -0.1) is 0 Å². The fraction of sp³-hybridized carbons (Fsp3) is 0.500. The molecule has 1 unspecified atom stereocenters. The third kappa shape index (κ3) is 5.23. The zero-order valence-electron chi connectivity index (χ0n) is 16.6. The molecule has 0 saturated carbocycles. The van der Waals surface area contributed by atoms with Crippen LogP contribution < -0.4 is 15.5 Å². The van der Waals surface area contributed by atoms with Crippen LogP contribution in [0.2, 0.25) is 0 Å². The standard InChI is InChI=1S/C20H31N7/c1-17(15-22-20(21-2)23-16-19-9-10-24-25(19)3)26-11-13-27(14-12-26)18-7-5-4-6-8-18/h4-10,17H,11-16H2,1-3H3,(H2,21,22,23). The summed E-state index contributed by atoms with van der Waals surface area (Å²) in [6.07, 6.45) is 1.81. The van der Waals surface area contributed by atoms with E-state index in [-0.39, 0.29) is 0 Å². The number of para-hydroxylation sites is 1. The van der Waals surface area contributed by atoms with E-state index < -0.39 is 0 Å².